The maximum atomic E-state index is 12.7. The van der Waals surface area contributed by atoms with Gasteiger partial charge in [-0.25, -0.2) is 4.98 Å². The number of amides is 2. The molecule has 2 heterocycles. The summed E-state index contributed by atoms with van der Waals surface area (Å²) in [4.78, 5) is 31.4. The van der Waals surface area contributed by atoms with E-state index in [2.05, 4.69) is 26.2 Å². The summed E-state index contributed by atoms with van der Waals surface area (Å²) >= 11 is 3.39. The zero-order valence-electron chi connectivity index (χ0n) is 17.6. The molecule has 1 aromatic carbocycles. The number of piperidine rings is 1. The van der Waals surface area contributed by atoms with Crippen LogP contribution in [0.1, 0.15) is 54.4 Å². The Hall–Kier alpha value is -2.41. The van der Waals surface area contributed by atoms with Gasteiger partial charge >= 0.3 is 0 Å². The van der Waals surface area contributed by atoms with E-state index in [0.717, 1.165) is 22.9 Å². The van der Waals surface area contributed by atoms with Crippen LogP contribution in [0.4, 0.5) is 0 Å². The predicted octanol–water partition coefficient (Wildman–Crippen LogP) is 4.33. The summed E-state index contributed by atoms with van der Waals surface area (Å²) < 4.78 is 6.90. The lowest BCUT2D eigenvalue weighted by Crippen LogP contribution is -2.42. The second-order valence-electron chi connectivity index (χ2n) is 8.32. The van der Waals surface area contributed by atoms with E-state index >= 15 is 0 Å². The predicted molar refractivity (Wildman–Crippen MR) is 122 cm³/mol. The molecule has 2 aromatic rings. The number of halogens is 1. The van der Waals surface area contributed by atoms with Gasteiger partial charge in [0.1, 0.15) is 6.10 Å². The first-order chi connectivity index (χ1) is 15.1. The molecule has 1 saturated carbocycles. The van der Waals surface area contributed by atoms with Crippen molar-refractivity contribution >= 4 is 27.7 Å². The molecule has 0 atom stereocenters. The number of benzene rings is 1. The van der Waals surface area contributed by atoms with E-state index in [0.29, 0.717) is 43.9 Å². The van der Waals surface area contributed by atoms with Gasteiger partial charge in [-0.3, -0.25) is 9.59 Å². The summed E-state index contributed by atoms with van der Waals surface area (Å²) in [6.07, 6.45) is 7.97. The highest BCUT2D eigenvalue weighted by Gasteiger charge is 2.27. The number of nitrogens with zero attached hydrogens (tertiary/aromatic N) is 2. The van der Waals surface area contributed by atoms with E-state index in [4.69, 9.17) is 4.74 Å². The Bertz CT molecular complexity index is 905. The Balaban J connectivity index is 1.24. The van der Waals surface area contributed by atoms with Gasteiger partial charge in [0, 0.05) is 47.9 Å². The zero-order chi connectivity index (χ0) is 21.6. The maximum absolute atomic E-state index is 12.7. The van der Waals surface area contributed by atoms with E-state index in [1.54, 1.807) is 6.20 Å². The first-order valence-electron chi connectivity index (χ1n) is 11.0. The molecule has 1 aliphatic carbocycles. The Morgan fingerprint density at radius 1 is 1.06 bits per heavy atom. The van der Waals surface area contributed by atoms with Crippen LogP contribution in [0.3, 0.4) is 0 Å². The molecule has 31 heavy (non-hydrogen) atoms. The van der Waals surface area contributed by atoms with Gasteiger partial charge in [-0.2, -0.15) is 0 Å². The highest BCUT2D eigenvalue weighted by atomic mass is 79.9. The summed E-state index contributed by atoms with van der Waals surface area (Å²) in [5.74, 6) is 0.646. The minimum atomic E-state index is -0.0648. The number of pyridine rings is 1. The first-order valence-corrected chi connectivity index (χ1v) is 11.8. The second-order valence-corrected chi connectivity index (χ2v) is 9.23. The molecule has 1 N–H and O–H groups in total. The number of aromatic nitrogens is 1. The lowest BCUT2D eigenvalue weighted by Gasteiger charge is -2.31. The van der Waals surface area contributed by atoms with Crippen molar-refractivity contribution in [1.82, 2.24) is 15.2 Å². The molecule has 6 nitrogen and oxygen atoms in total. The molecule has 7 heteroatoms. The third-order valence-corrected chi connectivity index (χ3v) is 6.63. The quantitative estimate of drug-likeness (QED) is 0.660. The second kappa shape index (κ2) is 10.3. The lowest BCUT2D eigenvalue weighted by atomic mass is 9.95. The monoisotopic (exact) mass is 485 g/mol. The lowest BCUT2D eigenvalue weighted by molar-refractivity contribution is -0.126. The number of likely N-dealkylation sites (tertiary alicyclic amines) is 1. The van der Waals surface area contributed by atoms with Crippen molar-refractivity contribution in [2.45, 2.75) is 51.2 Å². The summed E-state index contributed by atoms with van der Waals surface area (Å²) in [6.45, 7) is 1.66. The molecule has 2 amide bonds. The summed E-state index contributed by atoms with van der Waals surface area (Å²) in [7, 11) is 0. The molecular formula is C24H28BrN3O3. The van der Waals surface area contributed by atoms with Gasteiger partial charge in [0.25, 0.3) is 5.91 Å². The van der Waals surface area contributed by atoms with Crippen LogP contribution in [-0.4, -0.2) is 40.9 Å². The number of nitrogens with one attached hydrogen (secondary N) is 1. The molecule has 0 spiro atoms. The number of carbonyl (C=O) groups is 2. The fourth-order valence-corrected chi connectivity index (χ4v) is 4.52. The highest BCUT2D eigenvalue weighted by Crippen LogP contribution is 2.24. The summed E-state index contributed by atoms with van der Waals surface area (Å²) in [6, 6.07) is 11.2. The average Bonchev–Trinajstić information content (AvgIpc) is 3.31. The Labute approximate surface area is 191 Å². The van der Waals surface area contributed by atoms with Crippen LogP contribution in [0.15, 0.2) is 47.1 Å². The van der Waals surface area contributed by atoms with Crippen molar-refractivity contribution in [2.75, 3.05) is 13.1 Å². The number of rotatable bonds is 6. The minimum Gasteiger partial charge on any atom is -0.474 e. The van der Waals surface area contributed by atoms with Crippen molar-refractivity contribution < 1.29 is 14.3 Å². The van der Waals surface area contributed by atoms with Crippen LogP contribution in [0, 0.1) is 5.92 Å². The fourth-order valence-electron chi connectivity index (χ4n) is 4.26. The molecule has 0 bridgehead atoms. The van der Waals surface area contributed by atoms with Gasteiger partial charge < -0.3 is 15.0 Å². The molecule has 164 valence electrons. The number of hydrogen-bond donors (Lipinski definition) is 1. The smallest absolute Gasteiger partial charge is 0.253 e. The third-order valence-electron chi connectivity index (χ3n) is 6.10. The molecule has 1 aliphatic heterocycles. The molecular weight excluding hydrogens is 458 g/mol. The third kappa shape index (κ3) is 5.85. The van der Waals surface area contributed by atoms with Crippen LogP contribution in [0.2, 0.25) is 0 Å². The standard InChI is InChI=1S/C24H28BrN3O3/c25-20-7-5-19(6-8-20)24(30)28-13-10-18(11-14-28)23(29)27-16-17-9-12-26-22(15-17)31-21-3-1-2-4-21/h5-9,12,15,18,21H,1-4,10-11,13-14,16H2,(H,27,29). The van der Waals surface area contributed by atoms with Gasteiger partial charge in [0.15, 0.2) is 0 Å². The molecule has 2 aliphatic rings. The van der Waals surface area contributed by atoms with Crippen molar-refractivity contribution in [3.8, 4) is 5.88 Å². The highest BCUT2D eigenvalue weighted by molar-refractivity contribution is 9.10. The van der Waals surface area contributed by atoms with Crippen molar-refractivity contribution in [2.24, 2.45) is 5.92 Å². The van der Waals surface area contributed by atoms with Crippen LogP contribution < -0.4 is 10.1 Å². The van der Waals surface area contributed by atoms with E-state index in [-0.39, 0.29) is 23.8 Å². The Morgan fingerprint density at radius 2 is 1.77 bits per heavy atom. The van der Waals surface area contributed by atoms with Crippen molar-refractivity contribution in [3.05, 3.63) is 58.2 Å². The van der Waals surface area contributed by atoms with Gasteiger partial charge in [0.05, 0.1) is 0 Å². The van der Waals surface area contributed by atoms with Gasteiger partial charge in [-0.15, -0.1) is 0 Å². The molecule has 1 saturated heterocycles. The van der Waals surface area contributed by atoms with E-state index in [1.165, 1.54) is 12.8 Å². The SMILES string of the molecule is O=C(NCc1ccnc(OC2CCCC2)c1)C1CCN(C(=O)c2ccc(Br)cc2)CC1. The Morgan fingerprint density at radius 3 is 2.48 bits per heavy atom. The molecule has 0 radical (unpaired) electrons. The molecule has 4 rings (SSSR count). The number of hydrogen-bond acceptors (Lipinski definition) is 4. The maximum Gasteiger partial charge on any atom is 0.253 e. The first kappa shape index (κ1) is 21.8. The van der Waals surface area contributed by atoms with Crippen LogP contribution >= 0.6 is 15.9 Å². The van der Waals surface area contributed by atoms with Crippen LogP contribution in [-0.2, 0) is 11.3 Å². The number of ether oxygens (including phenoxy) is 1. The van der Waals surface area contributed by atoms with Crippen LogP contribution in [0.25, 0.3) is 0 Å². The fraction of sp³-hybridized carbons (Fsp3) is 0.458. The van der Waals surface area contributed by atoms with Crippen molar-refractivity contribution in [1.29, 1.82) is 0 Å². The van der Waals surface area contributed by atoms with E-state index in [1.807, 2.05) is 41.3 Å². The van der Waals surface area contributed by atoms with Gasteiger partial charge in [-0.05, 0) is 74.4 Å². The van der Waals surface area contributed by atoms with Crippen LogP contribution in [0.5, 0.6) is 5.88 Å². The van der Waals surface area contributed by atoms with Gasteiger partial charge in [-0.1, -0.05) is 15.9 Å². The topological polar surface area (TPSA) is 71.5 Å². The van der Waals surface area contributed by atoms with E-state index < -0.39 is 0 Å². The number of carbonyl (C=O) groups excluding carboxylic acids is 2. The van der Waals surface area contributed by atoms with E-state index in [9.17, 15) is 9.59 Å². The zero-order valence-corrected chi connectivity index (χ0v) is 19.1. The molecule has 2 fully saturated rings. The molecule has 1 aromatic heterocycles. The molecule has 0 unspecified atom stereocenters. The van der Waals surface area contributed by atoms with Gasteiger partial charge in [0.2, 0.25) is 11.8 Å². The Kier molecular flexibility index (Phi) is 7.22. The largest absolute Gasteiger partial charge is 0.474 e. The summed E-state index contributed by atoms with van der Waals surface area (Å²) in [5.41, 5.74) is 1.67. The summed E-state index contributed by atoms with van der Waals surface area (Å²) in [5, 5.41) is 3.04. The minimum absolute atomic E-state index is 0.0259. The average molecular weight is 486 g/mol. The normalized spacial score (nSPS) is 17.5. The van der Waals surface area contributed by atoms with Crippen molar-refractivity contribution in [3.63, 3.8) is 0 Å².